The zero-order valence-electron chi connectivity index (χ0n) is 47.1. The molecule has 4 aliphatic carbocycles. The van der Waals surface area contributed by atoms with Crippen LogP contribution in [0.1, 0.15) is 193 Å². The van der Waals surface area contributed by atoms with Crippen LogP contribution in [0.5, 0.6) is 0 Å². The van der Waals surface area contributed by atoms with Gasteiger partial charge >= 0.3 is 47.8 Å². The Morgan fingerprint density at radius 2 is 0.613 bits per heavy atom. The van der Waals surface area contributed by atoms with Crippen LogP contribution >= 0.6 is 0 Å². The molecule has 9 rings (SSSR count). The first-order valence-corrected chi connectivity index (χ1v) is 30.8. The summed E-state index contributed by atoms with van der Waals surface area (Å²) in [5, 5.41) is 0. The molecule has 80 heavy (non-hydrogen) atoms. The molecule has 13 unspecified atom stereocenters. The normalized spacial score (nSPS) is 29.1. The van der Waals surface area contributed by atoms with E-state index in [1.54, 1.807) is 0 Å². The summed E-state index contributed by atoms with van der Waals surface area (Å²) in [5.74, 6) is -6.16. The number of epoxide rings is 3. The molecule has 2 bridgehead atoms. The Bertz CT molecular complexity index is 1890. The van der Waals surface area contributed by atoms with E-state index < -0.39 is 48.6 Å². The second-order valence-electron chi connectivity index (χ2n) is 24.0. The number of carbonyl (C=O) groups excluding carboxylic acids is 8. The summed E-state index contributed by atoms with van der Waals surface area (Å²) >= 11 is 0. The molecule has 5 aliphatic heterocycles. The van der Waals surface area contributed by atoms with Crippen molar-refractivity contribution in [1.82, 2.24) is 0 Å². The van der Waals surface area contributed by atoms with Gasteiger partial charge in [-0.1, -0.05) is 0 Å². The predicted molar refractivity (Wildman–Crippen MR) is 282 cm³/mol. The molecule has 9 aliphatic rings. The molecule has 5 saturated heterocycles. The van der Waals surface area contributed by atoms with Crippen molar-refractivity contribution >= 4 is 47.8 Å². The molecular weight excluding hydrogens is 1040 g/mol. The van der Waals surface area contributed by atoms with Gasteiger partial charge < -0.3 is 56.8 Å². The minimum Gasteiger partial charge on any atom is -0.466 e. The van der Waals surface area contributed by atoms with Gasteiger partial charge in [0.15, 0.2) is 0 Å². The van der Waals surface area contributed by atoms with Crippen LogP contribution in [0.25, 0.3) is 0 Å². The maximum atomic E-state index is 14.0. The molecule has 0 spiro atoms. The average molecular weight is 1130 g/mol. The van der Waals surface area contributed by atoms with Crippen molar-refractivity contribution in [3.05, 3.63) is 0 Å². The fourth-order valence-electron chi connectivity index (χ4n) is 12.3. The third kappa shape index (κ3) is 22.1. The van der Waals surface area contributed by atoms with Gasteiger partial charge in [0.1, 0.15) is 0 Å². The van der Waals surface area contributed by atoms with E-state index >= 15 is 0 Å². The lowest BCUT2D eigenvalue weighted by atomic mass is 9.81. The molecule has 9 fully saturated rings. The van der Waals surface area contributed by atoms with E-state index in [0.29, 0.717) is 164 Å². The van der Waals surface area contributed by atoms with E-state index in [4.69, 9.17) is 56.8 Å². The van der Waals surface area contributed by atoms with Gasteiger partial charge in [0.05, 0.1) is 126 Å². The first-order valence-electron chi connectivity index (χ1n) is 30.8. The lowest BCUT2D eigenvalue weighted by molar-refractivity contribution is -0.182. The quantitative estimate of drug-likeness (QED) is 0.0245. The van der Waals surface area contributed by atoms with E-state index in [-0.39, 0.29) is 88.2 Å². The monoisotopic (exact) mass is 1130 g/mol. The minimum absolute atomic E-state index is 0.00554. The number of fused-ring (bicyclic) bond motifs is 5. The van der Waals surface area contributed by atoms with Crippen molar-refractivity contribution < 1.29 is 95.2 Å². The number of hydrogen-bond donors (Lipinski definition) is 0. The van der Waals surface area contributed by atoms with Crippen molar-refractivity contribution in [2.45, 2.75) is 241 Å². The van der Waals surface area contributed by atoms with Gasteiger partial charge in [0, 0.05) is 25.7 Å². The van der Waals surface area contributed by atoms with E-state index in [0.717, 1.165) is 77.0 Å². The van der Waals surface area contributed by atoms with E-state index in [1.165, 1.54) is 0 Å². The molecule has 0 aromatic heterocycles. The second kappa shape index (κ2) is 32.4. The van der Waals surface area contributed by atoms with Crippen molar-refractivity contribution in [3.63, 3.8) is 0 Å². The van der Waals surface area contributed by atoms with Gasteiger partial charge in [-0.25, -0.2) is 0 Å². The van der Waals surface area contributed by atoms with Gasteiger partial charge in [-0.15, -0.1) is 0 Å². The van der Waals surface area contributed by atoms with Crippen LogP contribution in [0.2, 0.25) is 0 Å². The van der Waals surface area contributed by atoms with Gasteiger partial charge in [0.25, 0.3) is 0 Å². The topological polar surface area (TPSA) is 257 Å². The smallest absolute Gasteiger partial charge is 0.310 e. The maximum absolute atomic E-state index is 14.0. The number of unbranched alkanes of at least 4 members (excludes halogenated alkanes) is 8. The maximum Gasteiger partial charge on any atom is 0.310 e. The van der Waals surface area contributed by atoms with Crippen LogP contribution in [0, 0.1) is 35.5 Å². The van der Waals surface area contributed by atoms with Crippen molar-refractivity contribution in [1.29, 1.82) is 0 Å². The molecule has 20 nitrogen and oxygen atoms in total. The number of ether oxygens (including phenoxy) is 12. The highest BCUT2D eigenvalue weighted by molar-refractivity contribution is 5.88. The first-order chi connectivity index (χ1) is 38.9. The summed E-state index contributed by atoms with van der Waals surface area (Å²) in [6, 6.07) is 0. The minimum atomic E-state index is -1.47. The summed E-state index contributed by atoms with van der Waals surface area (Å²) in [6.07, 6.45) is 19.9. The van der Waals surface area contributed by atoms with Crippen LogP contribution < -0.4 is 0 Å². The van der Waals surface area contributed by atoms with Crippen molar-refractivity contribution in [2.75, 3.05) is 52.9 Å². The zero-order valence-corrected chi connectivity index (χ0v) is 47.1. The zero-order chi connectivity index (χ0) is 56.1. The van der Waals surface area contributed by atoms with E-state index in [9.17, 15) is 38.4 Å². The molecule has 0 radical (unpaired) electrons. The Morgan fingerprint density at radius 1 is 0.300 bits per heavy atom. The fourth-order valence-corrected chi connectivity index (χ4v) is 12.3. The van der Waals surface area contributed by atoms with Crippen LogP contribution in [-0.2, 0) is 95.2 Å². The average Bonchev–Trinajstić information content (AvgIpc) is 4.38. The molecule has 5 heterocycles. The lowest BCUT2D eigenvalue weighted by Crippen LogP contribution is -2.46. The molecular formula is C60H90O20. The summed E-state index contributed by atoms with van der Waals surface area (Å²) < 4.78 is 67.0. The Balaban J connectivity index is 0.782. The van der Waals surface area contributed by atoms with Gasteiger partial charge in [-0.2, -0.15) is 0 Å². The number of carbonyl (C=O) groups is 8. The Hall–Kier alpha value is -4.40. The second-order valence-corrected chi connectivity index (χ2v) is 24.0. The predicted octanol–water partition coefficient (Wildman–Crippen LogP) is 7.86. The van der Waals surface area contributed by atoms with Crippen LogP contribution in [-0.4, -0.2) is 149 Å². The van der Waals surface area contributed by atoms with Crippen LogP contribution in [0.4, 0.5) is 0 Å². The van der Waals surface area contributed by atoms with E-state index in [1.807, 2.05) is 0 Å². The molecule has 0 N–H and O–H groups in total. The highest BCUT2D eigenvalue weighted by Gasteiger charge is 2.46. The van der Waals surface area contributed by atoms with Gasteiger partial charge in [-0.05, 0) is 178 Å². The fraction of sp³-hybridized carbons (Fsp3) is 0.867. The van der Waals surface area contributed by atoms with Crippen LogP contribution in [0.3, 0.4) is 0 Å². The number of hydrogen-bond acceptors (Lipinski definition) is 20. The van der Waals surface area contributed by atoms with E-state index in [2.05, 4.69) is 0 Å². The Labute approximate surface area is 471 Å². The molecule has 13 atom stereocenters. The molecule has 0 amide bonds. The highest BCUT2D eigenvalue weighted by Crippen LogP contribution is 2.42. The summed E-state index contributed by atoms with van der Waals surface area (Å²) in [5.41, 5.74) is 0. The number of rotatable bonds is 39. The van der Waals surface area contributed by atoms with Gasteiger partial charge in [-0.3, -0.25) is 38.4 Å². The lowest BCUT2D eigenvalue weighted by Gasteiger charge is -2.45. The number of esters is 8. The SMILES string of the molecule is O=C(CCCCCOC(=O)C(CC(=O)OCCCCCC(=O)OCC1CCC2OC2C1)C(CC(=O)OCCCCCC(=O)OCC1CCC2OC2C1)C(=O)OCCCCCC(=O)OCC1CCC2OC2C1)OCC1CC2CC(C1)O2. The first kappa shape index (κ1) is 61.7. The van der Waals surface area contributed by atoms with Crippen molar-refractivity contribution in [3.8, 4) is 0 Å². The van der Waals surface area contributed by atoms with Crippen molar-refractivity contribution in [2.24, 2.45) is 35.5 Å². The van der Waals surface area contributed by atoms with Gasteiger partial charge in [0.2, 0.25) is 0 Å². The molecule has 0 aromatic rings. The summed E-state index contributed by atoms with van der Waals surface area (Å²) in [7, 11) is 0. The highest BCUT2D eigenvalue weighted by atomic mass is 16.6. The third-order valence-electron chi connectivity index (χ3n) is 17.3. The van der Waals surface area contributed by atoms with Crippen LogP contribution in [0.15, 0.2) is 0 Å². The molecule has 450 valence electrons. The Morgan fingerprint density at radius 3 is 0.938 bits per heavy atom. The third-order valence-corrected chi connectivity index (χ3v) is 17.3. The molecule has 0 aromatic carbocycles. The largest absolute Gasteiger partial charge is 0.466 e. The summed E-state index contributed by atoms with van der Waals surface area (Å²) in [4.78, 5) is 105. The summed E-state index contributed by atoms with van der Waals surface area (Å²) in [6.45, 7) is 1.38. The molecule has 4 saturated carbocycles. The Kier molecular flexibility index (Phi) is 25.0. The molecule has 20 heteroatoms. The standard InChI is InChI=1S/C60H90O20/c61-53(73-35-39-17-20-47-50(29-39)78-47)13-5-1-9-23-69-57(65)33-45(59(67)71-25-11-3-7-15-55(63)75-37-41-19-22-49-52(31-41)80-49)46(60(68)72-26-12-4-8-16-56(64)76-38-42-27-43-32-44(28-42)77-43)34-58(66)70-24-10-2-6-14-54(62)74-36-40-18-21-48-51(30-40)79-48/h39-52H,1-38H2.